The lowest BCUT2D eigenvalue weighted by atomic mass is 10.2. The Kier molecular flexibility index (Phi) is 3.35. The van der Waals surface area contributed by atoms with Crippen LogP contribution in [0.4, 0.5) is 0 Å². The van der Waals surface area contributed by atoms with Crippen LogP contribution in [0.2, 0.25) is 0 Å². The largest absolute Gasteiger partial charge is 0.354 e. The van der Waals surface area contributed by atoms with Gasteiger partial charge in [-0.1, -0.05) is 13.0 Å². The summed E-state index contributed by atoms with van der Waals surface area (Å²) in [5.41, 5.74) is 3.78. The van der Waals surface area contributed by atoms with E-state index in [2.05, 4.69) is 20.3 Å². The number of carbonyl (C=O) groups excluding carboxylic acids is 1. The summed E-state index contributed by atoms with van der Waals surface area (Å²) in [5, 5.41) is 2.85. The van der Waals surface area contributed by atoms with Crippen molar-refractivity contribution in [3.63, 3.8) is 0 Å². The smallest absolute Gasteiger partial charge is 0.323 e. The van der Waals surface area contributed by atoms with Crippen molar-refractivity contribution >= 4 is 16.9 Å². The van der Waals surface area contributed by atoms with Gasteiger partial charge in [0, 0.05) is 12.2 Å². The van der Waals surface area contributed by atoms with E-state index in [1.807, 2.05) is 31.2 Å². The zero-order chi connectivity index (χ0) is 14.8. The molecule has 2 aromatic heterocycles. The fourth-order valence-electron chi connectivity index (χ4n) is 2.25. The first-order valence-corrected chi connectivity index (χ1v) is 6.82. The topological polar surface area (TPSA) is 93.5 Å². The van der Waals surface area contributed by atoms with Gasteiger partial charge in [-0.3, -0.25) is 4.79 Å². The maximum atomic E-state index is 12.0. The Balaban J connectivity index is 1.70. The molecule has 4 N–H and O–H groups in total. The number of amides is 1. The zero-order valence-electron chi connectivity index (χ0n) is 11.6. The highest BCUT2D eigenvalue weighted by molar-refractivity contribution is 5.92. The fraction of sp³-hybridized carbons (Fsp3) is 0.200. The second kappa shape index (κ2) is 5.32. The van der Waals surface area contributed by atoms with E-state index in [1.165, 1.54) is 0 Å². The van der Waals surface area contributed by atoms with Crippen molar-refractivity contribution in [3.8, 4) is 0 Å². The van der Waals surface area contributed by atoms with Crippen LogP contribution >= 0.6 is 0 Å². The number of benzene rings is 1. The lowest BCUT2D eigenvalue weighted by Crippen LogP contribution is -2.23. The summed E-state index contributed by atoms with van der Waals surface area (Å²) in [6.45, 7) is 2.43. The molecule has 1 amide bonds. The number of nitrogens with one attached hydrogen (secondary N) is 4. The molecule has 0 aliphatic heterocycles. The molecular formula is C15H16N4O2. The standard InChI is InChI=1S/C15H16N4O2/c1-2-10-4-6-12(17-10)14(20)16-8-9-3-5-11-13(7-9)19-15(21)18-11/h3-7,17H,2,8H2,1H3,(H,16,20)(H2,18,19,21). The van der Waals surface area contributed by atoms with Gasteiger partial charge < -0.3 is 20.3 Å². The van der Waals surface area contributed by atoms with Crippen LogP contribution < -0.4 is 11.0 Å². The molecular weight excluding hydrogens is 268 g/mol. The normalized spacial score (nSPS) is 10.9. The predicted molar refractivity (Wildman–Crippen MR) is 80.3 cm³/mol. The van der Waals surface area contributed by atoms with E-state index in [0.29, 0.717) is 12.2 Å². The molecule has 1 aromatic carbocycles. The molecule has 6 heteroatoms. The molecule has 0 radical (unpaired) electrons. The Morgan fingerprint density at radius 3 is 2.67 bits per heavy atom. The van der Waals surface area contributed by atoms with Crippen LogP contribution in [0, 0.1) is 0 Å². The molecule has 0 bridgehead atoms. The first kappa shape index (κ1) is 13.2. The van der Waals surface area contributed by atoms with Crippen LogP contribution in [0.1, 0.15) is 28.7 Å². The Hall–Kier alpha value is -2.76. The van der Waals surface area contributed by atoms with Crippen LogP contribution in [0.15, 0.2) is 35.1 Å². The molecule has 0 unspecified atom stereocenters. The van der Waals surface area contributed by atoms with Crippen molar-refractivity contribution in [3.05, 3.63) is 57.8 Å². The predicted octanol–water partition coefficient (Wildman–Crippen LogP) is 1.68. The maximum Gasteiger partial charge on any atom is 0.323 e. The SMILES string of the molecule is CCc1ccc(C(=O)NCc2ccc3[nH]c(=O)[nH]c3c2)[nH]1. The summed E-state index contributed by atoms with van der Waals surface area (Å²) in [7, 11) is 0. The second-order valence-corrected chi connectivity index (χ2v) is 4.89. The molecule has 108 valence electrons. The second-order valence-electron chi connectivity index (χ2n) is 4.89. The fourth-order valence-corrected chi connectivity index (χ4v) is 2.25. The monoisotopic (exact) mass is 284 g/mol. The van der Waals surface area contributed by atoms with Crippen molar-refractivity contribution in [2.24, 2.45) is 0 Å². The molecule has 0 aliphatic carbocycles. The van der Waals surface area contributed by atoms with Crippen LogP contribution in [0.25, 0.3) is 11.0 Å². The van der Waals surface area contributed by atoms with Crippen LogP contribution in [0.5, 0.6) is 0 Å². The number of hydrogen-bond acceptors (Lipinski definition) is 2. The van der Waals surface area contributed by atoms with Gasteiger partial charge in [-0.05, 0) is 36.2 Å². The van der Waals surface area contributed by atoms with E-state index in [1.54, 1.807) is 6.07 Å². The summed E-state index contributed by atoms with van der Waals surface area (Å²) in [6, 6.07) is 9.23. The average molecular weight is 284 g/mol. The number of hydrogen-bond donors (Lipinski definition) is 4. The molecule has 0 aliphatic rings. The third-order valence-corrected chi connectivity index (χ3v) is 3.41. The van der Waals surface area contributed by atoms with Gasteiger partial charge in [-0.2, -0.15) is 0 Å². The molecule has 0 fully saturated rings. The number of carbonyl (C=O) groups is 1. The van der Waals surface area contributed by atoms with E-state index in [9.17, 15) is 9.59 Å². The van der Waals surface area contributed by atoms with Gasteiger partial charge in [0.25, 0.3) is 5.91 Å². The lowest BCUT2D eigenvalue weighted by Gasteiger charge is -2.04. The van der Waals surface area contributed by atoms with Gasteiger partial charge in [0.2, 0.25) is 0 Å². The number of aromatic amines is 3. The number of rotatable bonds is 4. The first-order valence-electron chi connectivity index (χ1n) is 6.82. The minimum Gasteiger partial charge on any atom is -0.354 e. The number of H-pyrrole nitrogens is 3. The van der Waals surface area contributed by atoms with E-state index >= 15 is 0 Å². The molecule has 6 nitrogen and oxygen atoms in total. The minimum atomic E-state index is -0.232. The summed E-state index contributed by atoms with van der Waals surface area (Å²) in [5.74, 6) is -0.141. The van der Waals surface area contributed by atoms with Crippen LogP contribution in [0.3, 0.4) is 0 Å². The van der Waals surface area contributed by atoms with Gasteiger partial charge in [0.05, 0.1) is 11.0 Å². The third-order valence-electron chi connectivity index (χ3n) is 3.41. The number of imidazole rings is 1. The molecule has 0 saturated carbocycles. The Bertz CT molecular complexity index is 841. The first-order chi connectivity index (χ1) is 10.2. The highest BCUT2D eigenvalue weighted by Crippen LogP contribution is 2.10. The van der Waals surface area contributed by atoms with Crippen molar-refractivity contribution in [2.45, 2.75) is 19.9 Å². The quantitative estimate of drug-likeness (QED) is 0.586. The Labute approximate surface area is 120 Å². The molecule has 3 rings (SSSR count). The molecule has 0 atom stereocenters. The van der Waals surface area contributed by atoms with Crippen molar-refractivity contribution < 1.29 is 4.79 Å². The molecule has 2 heterocycles. The molecule has 3 aromatic rings. The van der Waals surface area contributed by atoms with Crippen LogP contribution in [-0.4, -0.2) is 20.9 Å². The minimum absolute atomic E-state index is 0.141. The third kappa shape index (κ3) is 2.74. The summed E-state index contributed by atoms with van der Waals surface area (Å²) >= 11 is 0. The van der Waals surface area contributed by atoms with Gasteiger partial charge in [0.15, 0.2) is 0 Å². The van der Waals surface area contributed by atoms with Crippen molar-refractivity contribution in [2.75, 3.05) is 0 Å². The van der Waals surface area contributed by atoms with E-state index < -0.39 is 0 Å². The van der Waals surface area contributed by atoms with Gasteiger partial charge in [-0.15, -0.1) is 0 Å². The van der Waals surface area contributed by atoms with Gasteiger partial charge >= 0.3 is 5.69 Å². The highest BCUT2D eigenvalue weighted by Gasteiger charge is 2.08. The highest BCUT2D eigenvalue weighted by atomic mass is 16.2. The summed E-state index contributed by atoms with van der Waals surface area (Å²) < 4.78 is 0. The number of aryl methyl sites for hydroxylation is 1. The summed E-state index contributed by atoms with van der Waals surface area (Å²) in [6.07, 6.45) is 0.866. The van der Waals surface area contributed by atoms with Gasteiger partial charge in [0.1, 0.15) is 5.69 Å². The van der Waals surface area contributed by atoms with Crippen LogP contribution in [-0.2, 0) is 13.0 Å². The molecule has 0 spiro atoms. The van der Waals surface area contributed by atoms with Crippen molar-refractivity contribution in [1.29, 1.82) is 0 Å². The van der Waals surface area contributed by atoms with Crippen molar-refractivity contribution in [1.82, 2.24) is 20.3 Å². The Morgan fingerprint density at radius 2 is 1.90 bits per heavy atom. The molecule has 0 saturated heterocycles. The van der Waals surface area contributed by atoms with E-state index in [4.69, 9.17) is 0 Å². The van der Waals surface area contributed by atoms with E-state index in [-0.39, 0.29) is 11.6 Å². The average Bonchev–Trinajstić information content (AvgIpc) is 3.09. The molecule has 21 heavy (non-hydrogen) atoms. The number of aromatic nitrogens is 3. The summed E-state index contributed by atoms with van der Waals surface area (Å²) in [4.78, 5) is 31.7. The number of fused-ring (bicyclic) bond motifs is 1. The maximum absolute atomic E-state index is 12.0. The van der Waals surface area contributed by atoms with E-state index in [0.717, 1.165) is 28.7 Å². The Morgan fingerprint density at radius 1 is 1.10 bits per heavy atom. The zero-order valence-corrected chi connectivity index (χ0v) is 11.6. The lowest BCUT2D eigenvalue weighted by molar-refractivity contribution is 0.0946. The van der Waals surface area contributed by atoms with Gasteiger partial charge in [-0.25, -0.2) is 4.79 Å².